The molecule has 1 amide bonds. The molecule has 0 saturated carbocycles. The van der Waals surface area contributed by atoms with E-state index >= 15 is 0 Å². The maximum absolute atomic E-state index is 9.91. The number of carboxylic acid groups (broad SMARTS) is 2. The minimum Gasteiger partial charge on any atom is -0.473 e. The third kappa shape index (κ3) is 5.03. The second-order valence-corrected chi connectivity index (χ2v) is 1.67. The van der Waals surface area contributed by atoms with Crippen molar-refractivity contribution in [2.24, 2.45) is 0 Å². The highest BCUT2D eigenvalue weighted by molar-refractivity contribution is 6.27. The lowest BCUT2D eigenvalue weighted by molar-refractivity contribution is -0.159. The van der Waals surface area contributed by atoms with Crippen molar-refractivity contribution in [2.45, 2.75) is 0 Å². The third-order valence-corrected chi connectivity index (χ3v) is 0.788. The number of nitrogens with one attached hydrogen (secondary N) is 1. The smallest absolute Gasteiger partial charge is 0.414 e. The first-order chi connectivity index (χ1) is 5.54. The second-order valence-electron chi connectivity index (χ2n) is 1.67. The second kappa shape index (κ2) is 4.94. The van der Waals surface area contributed by atoms with E-state index in [2.05, 4.69) is 10.1 Å². The molecule has 7 heteroatoms. The molecule has 1 saturated heterocycles. The van der Waals surface area contributed by atoms with Crippen LogP contribution in [0.4, 0.5) is 4.79 Å². The van der Waals surface area contributed by atoms with Gasteiger partial charge in [0, 0.05) is 0 Å². The van der Waals surface area contributed by atoms with Gasteiger partial charge in [0.25, 0.3) is 0 Å². The number of hydrogen-bond acceptors (Lipinski definition) is 4. The van der Waals surface area contributed by atoms with E-state index in [4.69, 9.17) is 19.8 Å². The van der Waals surface area contributed by atoms with Gasteiger partial charge in [-0.25, -0.2) is 14.4 Å². The minimum atomic E-state index is -1.82. The summed E-state index contributed by atoms with van der Waals surface area (Å²) >= 11 is 0. The van der Waals surface area contributed by atoms with Crippen LogP contribution in [0.2, 0.25) is 0 Å². The Hall–Kier alpha value is -1.79. The monoisotopic (exact) mass is 177 g/mol. The van der Waals surface area contributed by atoms with Crippen molar-refractivity contribution >= 4 is 18.0 Å². The van der Waals surface area contributed by atoms with E-state index < -0.39 is 11.9 Å². The standard InChI is InChI=1S/C3H5NO2.C2H2O4/c5-3-4-1-2-6-3;3-1(4)2(5)6/h1-2H2,(H,4,5);(H,3,4)(H,5,6). The molecule has 7 nitrogen and oxygen atoms in total. The van der Waals surface area contributed by atoms with Gasteiger partial charge in [0.15, 0.2) is 0 Å². The van der Waals surface area contributed by atoms with Gasteiger partial charge in [-0.05, 0) is 0 Å². The number of hydrogen-bond donors (Lipinski definition) is 3. The van der Waals surface area contributed by atoms with Crippen LogP contribution in [0.3, 0.4) is 0 Å². The molecule has 0 radical (unpaired) electrons. The van der Waals surface area contributed by atoms with Gasteiger partial charge < -0.3 is 20.3 Å². The summed E-state index contributed by atoms with van der Waals surface area (Å²) in [7, 11) is 0. The quantitative estimate of drug-likeness (QED) is 0.404. The highest BCUT2D eigenvalue weighted by atomic mass is 16.6. The van der Waals surface area contributed by atoms with Crippen molar-refractivity contribution in [1.29, 1.82) is 0 Å². The highest BCUT2D eigenvalue weighted by Crippen LogP contribution is 1.82. The fraction of sp³-hybridized carbons (Fsp3) is 0.400. The van der Waals surface area contributed by atoms with E-state index in [0.717, 1.165) is 0 Å². The number of alkyl carbamates (subject to hydrolysis) is 1. The summed E-state index contributed by atoms with van der Waals surface area (Å²) < 4.78 is 4.40. The molecule has 0 atom stereocenters. The Morgan fingerprint density at radius 1 is 1.33 bits per heavy atom. The van der Waals surface area contributed by atoms with Crippen LogP contribution in [0.25, 0.3) is 0 Å². The molecule has 1 fully saturated rings. The molecule has 0 bridgehead atoms. The molecule has 0 aromatic carbocycles. The summed E-state index contributed by atoms with van der Waals surface area (Å²) in [6.45, 7) is 1.19. The van der Waals surface area contributed by atoms with Gasteiger partial charge in [0.2, 0.25) is 0 Å². The topological polar surface area (TPSA) is 113 Å². The van der Waals surface area contributed by atoms with Crippen LogP contribution >= 0.6 is 0 Å². The first kappa shape index (κ1) is 10.2. The molecule has 1 aliphatic heterocycles. The summed E-state index contributed by atoms with van der Waals surface area (Å²) in [6, 6.07) is 0. The molecule has 12 heavy (non-hydrogen) atoms. The number of ether oxygens (including phenoxy) is 1. The molecule has 1 heterocycles. The van der Waals surface area contributed by atoms with Gasteiger partial charge in [-0.15, -0.1) is 0 Å². The molecule has 1 aliphatic rings. The SMILES string of the molecule is O=C(O)C(=O)O.O=C1NCCO1. The van der Waals surface area contributed by atoms with Crippen LogP contribution in [0, 0.1) is 0 Å². The van der Waals surface area contributed by atoms with Gasteiger partial charge in [-0.1, -0.05) is 0 Å². The number of aliphatic carboxylic acids is 2. The van der Waals surface area contributed by atoms with E-state index in [1.165, 1.54) is 0 Å². The first-order valence-electron chi connectivity index (χ1n) is 2.91. The van der Waals surface area contributed by atoms with Gasteiger partial charge >= 0.3 is 18.0 Å². The average Bonchev–Trinajstić information content (AvgIpc) is 2.40. The zero-order chi connectivity index (χ0) is 9.56. The Bertz CT molecular complexity index is 180. The Kier molecular flexibility index (Phi) is 4.20. The molecular formula is C5H7NO6. The van der Waals surface area contributed by atoms with Crippen molar-refractivity contribution < 1.29 is 29.3 Å². The maximum Gasteiger partial charge on any atom is 0.414 e. The number of amides is 1. The zero-order valence-electron chi connectivity index (χ0n) is 5.94. The van der Waals surface area contributed by atoms with Crippen molar-refractivity contribution in [2.75, 3.05) is 13.2 Å². The maximum atomic E-state index is 9.91. The molecule has 0 spiro atoms. The van der Waals surface area contributed by atoms with Gasteiger partial charge in [-0.2, -0.15) is 0 Å². The van der Waals surface area contributed by atoms with Crippen LogP contribution in [0.15, 0.2) is 0 Å². The Balaban J connectivity index is 0.000000202. The summed E-state index contributed by atoms with van der Waals surface area (Å²) in [4.78, 5) is 28.1. The number of carbonyl (C=O) groups excluding carboxylic acids is 1. The number of rotatable bonds is 0. The lowest BCUT2D eigenvalue weighted by Crippen LogP contribution is -2.11. The number of carboxylic acids is 2. The lowest BCUT2D eigenvalue weighted by atomic mass is 10.7. The molecular weight excluding hydrogens is 170 g/mol. The fourth-order valence-corrected chi connectivity index (χ4v) is 0.348. The fourth-order valence-electron chi connectivity index (χ4n) is 0.348. The highest BCUT2D eigenvalue weighted by Gasteiger charge is 2.06. The number of cyclic esters (lactones) is 1. The normalized spacial score (nSPS) is 13.5. The van der Waals surface area contributed by atoms with Crippen molar-refractivity contribution in [3.8, 4) is 0 Å². The molecule has 1 rings (SSSR count). The largest absolute Gasteiger partial charge is 0.473 e. The molecule has 0 aromatic heterocycles. The number of carbonyl (C=O) groups is 3. The third-order valence-electron chi connectivity index (χ3n) is 0.788. The molecule has 3 N–H and O–H groups in total. The predicted molar refractivity (Wildman–Crippen MR) is 34.6 cm³/mol. The van der Waals surface area contributed by atoms with E-state index in [1.54, 1.807) is 0 Å². The molecule has 0 aliphatic carbocycles. The van der Waals surface area contributed by atoms with Crippen LogP contribution in [-0.2, 0) is 14.3 Å². The first-order valence-corrected chi connectivity index (χ1v) is 2.91. The van der Waals surface area contributed by atoms with Crippen molar-refractivity contribution in [1.82, 2.24) is 5.32 Å². The summed E-state index contributed by atoms with van der Waals surface area (Å²) in [5.41, 5.74) is 0. The van der Waals surface area contributed by atoms with E-state index in [1.807, 2.05) is 0 Å². The van der Waals surface area contributed by atoms with Crippen LogP contribution < -0.4 is 5.32 Å². The van der Waals surface area contributed by atoms with E-state index in [-0.39, 0.29) is 6.09 Å². The van der Waals surface area contributed by atoms with Crippen molar-refractivity contribution in [3.63, 3.8) is 0 Å². The van der Waals surface area contributed by atoms with Gasteiger partial charge in [-0.3, -0.25) is 0 Å². The minimum absolute atomic E-state index is 0.296. The predicted octanol–water partition coefficient (Wildman–Crippen LogP) is -1.12. The Morgan fingerprint density at radius 2 is 1.83 bits per heavy atom. The zero-order valence-corrected chi connectivity index (χ0v) is 5.94. The molecule has 0 aromatic rings. The molecule has 68 valence electrons. The summed E-state index contributed by atoms with van der Waals surface area (Å²) in [6.07, 6.45) is -0.296. The van der Waals surface area contributed by atoms with Crippen LogP contribution in [0.5, 0.6) is 0 Å². The van der Waals surface area contributed by atoms with Gasteiger partial charge in [0.05, 0.1) is 6.54 Å². The summed E-state index contributed by atoms with van der Waals surface area (Å²) in [5.74, 6) is -3.65. The van der Waals surface area contributed by atoms with Crippen LogP contribution in [0.1, 0.15) is 0 Å². The van der Waals surface area contributed by atoms with Gasteiger partial charge in [0.1, 0.15) is 6.61 Å². The Labute approximate surface area is 66.9 Å². The van der Waals surface area contributed by atoms with Crippen molar-refractivity contribution in [3.05, 3.63) is 0 Å². The average molecular weight is 177 g/mol. The van der Waals surface area contributed by atoms with E-state index in [0.29, 0.717) is 13.2 Å². The van der Waals surface area contributed by atoms with Crippen LogP contribution in [-0.4, -0.2) is 41.4 Å². The lowest BCUT2D eigenvalue weighted by Gasteiger charge is -1.80. The van der Waals surface area contributed by atoms with E-state index in [9.17, 15) is 4.79 Å². The molecule has 0 unspecified atom stereocenters. The summed E-state index contributed by atoms with van der Waals surface area (Å²) in [5, 5.41) is 17.2. The Morgan fingerprint density at radius 3 is 1.92 bits per heavy atom.